The average molecular weight is 733 g/mol. The van der Waals surface area contributed by atoms with Crippen LogP contribution in [-0.2, 0) is 31.7 Å². The van der Waals surface area contributed by atoms with Gasteiger partial charge in [0.25, 0.3) is 0 Å². The van der Waals surface area contributed by atoms with Crippen LogP contribution >= 0.6 is 0 Å². The second kappa shape index (κ2) is 15.3. The number of benzene rings is 3. The summed E-state index contributed by atoms with van der Waals surface area (Å²) in [7, 11) is -0.773. The van der Waals surface area contributed by atoms with E-state index in [0.717, 1.165) is 24.0 Å². The van der Waals surface area contributed by atoms with Gasteiger partial charge < -0.3 is 27.8 Å². The van der Waals surface area contributed by atoms with Crippen LogP contribution in [0.2, 0.25) is 0 Å². The number of hydrogen-bond acceptors (Lipinski definition) is 4. The van der Waals surface area contributed by atoms with E-state index < -0.39 is 0 Å². The lowest BCUT2D eigenvalue weighted by Crippen LogP contribution is -2.41. The molecular formula is C46H66B2N2O4. The number of unbranched alkanes of at least 4 members (excludes halogenated alkanes) is 10. The van der Waals surface area contributed by atoms with Crippen molar-refractivity contribution < 1.29 is 18.6 Å². The van der Waals surface area contributed by atoms with Gasteiger partial charge >= 0.3 is 14.2 Å². The summed E-state index contributed by atoms with van der Waals surface area (Å²) in [6.07, 6.45) is 15.3. The van der Waals surface area contributed by atoms with Crippen LogP contribution in [0.3, 0.4) is 0 Å². The monoisotopic (exact) mass is 733 g/mol. The maximum atomic E-state index is 6.55. The zero-order valence-electron chi connectivity index (χ0n) is 35.2. The van der Waals surface area contributed by atoms with Gasteiger partial charge in [-0.2, -0.15) is 0 Å². The first-order valence-corrected chi connectivity index (χ1v) is 21.4. The third-order valence-electron chi connectivity index (χ3n) is 13.4. The molecule has 0 amide bonds. The fraction of sp³-hybridized carbons (Fsp3) is 0.609. The van der Waals surface area contributed by atoms with Crippen LogP contribution in [0.15, 0.2) is 48.5 Å². The quantitative estimate of drug-likeness (QED) is 0.0749. The first-order valence-electron chi connectivity index (χ1n) is 21.4. The molecule has 8 heteroatoms. The number of fused-ring (bicyclic) bond motifs is 6. The molecule has 5 aromatic rings. The predicted octanol–water partition coefficient (Wildman–Crippen LogP) is 11.2. The maximum absolute atomic E-state index is 6.55. The summed E-state index contributed by atoms with van der Waals surface area (Å²) in [6, 6.07) is 18.8. The van der Waals surface area contributed by atoms with Gasteiger partial charge in [-0.05, 0) is 103 Å². The summed E-state index contributed by atoms with van der Waals surface area (Å²) in [4.78, 5) is 0. The Labute approximate surface area is 325 Å². The zero-order chi connectivity index (χ0) is 38.5. The Morgan fingerprint density at radius 2 is 0.722 bits per heavy atom. The van der Waals surface area contributed by atoms with Gasteiger partial charge in [-0.1, -0.05) is 102 Å². The fourth-order valence-electron chi connectivity index (χ4n) is 8.55. The number of aryl methyl sites for hydroxylation is 2. The molecule has 3 aromatic carbocycles. The lowest BCUT2D eigenvalue weighted by atomic mass is 9.78. The van der Waals surface area contributed by atoms with Crippen molar-refractivity contribution in [1.29, 1.82) is 0 Å². The third kappa shape index (κ3) is 7.30. The molecule has 0 N–H and O–H groups in total. The van der Waals surface area contributed by atoms with Gasteiger partial charge in [0.05, 0.1) is 22.4 Å². The van der Waals surface area contributed by atoms with Gasteiger partial charge in [-0.15, -0.1) is 0 Å². The van der Waals surface area contributed by atoms with Crippen LogP contribution in [0.4, 0.5) is 0 Å². The Morgan fingerprint density at radius 1 is 0.407 bits per heavy atom. The van der Waals surface area contributed by atoms with Crippen LogP contribution in [0.5, 0.6) is 0 Å². The van der Waals surface area contributed by atoms with Crippen LogP contribution in [0, 0.1) is 0 Å². The molecular weight excluding hydrogens is 666 g/mol. The van der Waals surface area contributed by atoms with E-state index in [1.807, 2.05) is 0 Å². The van der Waals surface area contributed by atoms with Crippen LogP contribution in [-0.4, -0.2) is 45.8 Å². The summed E-state index contributed by atoms with van der Waals surface area (Å²) in [5.41, 5.74) is 5.82. The lowest BCUT2D eigenvalue weighted by Gasteiger charge is -2.32. The molecule has 0 bridgehead atoms. The molecule has 0 saturated carbocycles. The molecule has 54 heavy (non-hydrogen) atoms. The second-order valence-corrected chi connectivity index (χ2v) is 18.5. The first-order chi connectivity index (χ1) is 25.7. The minimum absolute atomic E-state index is 0.381. The highest BCUT2D eigenvalue weighted by Gasteiger charge is 2.52. The highest BCUT2D eigenvalue weighted by atomic mass is 16.7. The van der Waals surface area contributed by atoms with Crippen molar-refractivity contribution in [2.45, 2.75) is 182 Å². The van der Waals surface area contributed by atoms with Crippen LogP contribution in [0.1, 0.15) is 146 Å². The molecule has 0 aliphatic carbocycles. The Hall–Kier alpha value is -2.77. The van der Waals surface area contributed by atoms with E-state index in [2.05, 4.69) is 127 Å². The summed E-state index contributed by atoms with van der Waals surface area (Å²) >= 11 is 0. The number of rotatable bonds is 16. The molecule has 2 aromatic heterocycles. The summed E-state index contributed by atoms with van der Waals surface area (Å²) < 4.78 is 31.4. The molecule has 0 atom stereocenters. The Kier molecular flexibility index (Phi) is 11.2. The molecule has 0 spiro atoms. The Balaban J connectivity index is 1.34. The Morgan fingerprint density at radius 3 is 1.07 bits per heavy atom. The largest absolute Gasteiger partial charge is 0.494 e. The molecule has 7 rings (SSSR count). The highest BCUT2D eigenvalue weighted by Crippen LogP contribution is 2.40. The summed E-state index contributed by atoms with van der Waals surface area (Å²) in [5.74, 6) is 0. The lowest BCUT2D eigenvalue weighted by molar-refractivity contribution is 0.00578. The molecule has 6 nitrogen and oxygen atoms in total. The van der Waals surface area contributed by atoms with Gasteiger partial charge in [-0.25, -0.2) is 0 Å². The zero-order valence-corrected chi connectivity index (χ0v) is 35.2. The van der Waals surface area contributed by atoms with E-state index in [9.17, 15) is 0 Å². The molecule has 0 unspecified atom stereocenters. The van der Waals surface area contributed by atoms with E-state index in [1.165, 1.54) is 121 Å². The third-order valence-corrected chi connectivity index (χ3v) is 13.4. The van der Waals surface area contributed by atoms with Crippen LogP contribution < -0.4 is 10.9 Å². The van der Waals surface area contributed by atoms with Crippen molar-refractivity contribution >= 4 is 68.8 Å². The normalized spacial score (nSPS) is 19.1. The number of aromatic nitrogens is 2. The average Bonchev–Trinajstić information content (AvgIpc) is 3.74. The molecule has 4 heterocycles. The molecule has 2 fully saturated rings. The molecule has 290 valence electrons. The van der Waals surface area contributed by atoms with Crippen molar-refractivity contribution in [1.82, 2.24) is 9.13 Å². The minimum Gasteiger partial charge on any atom is -0.399 e. The van der Waals surface area contributed by atoms with Crippen molar-refractivity contribution in [3.05, 3.63) is 48.5 Å². The summed E-state index contributed by atoms with van der Waals surface area (Å²) in [6.45, 7) is 23.6. The molecule has 0 radical (unpaired) electrons. The first kappa shape index (κ1) is 39.5. The minimum atomic E-state index is -0.386. The van der Waals surface area contributed by atoms with Gasteiger partial charge in [0.15, 0.2) is 0 Å². The predicted molar refractivity (Wildman–Crippen MR) is 231 cm³/mol. The summed E-state index contributed by atoms with van der Waals surface area (Å²) in [5, 5.41) is 5.24. The van der Waals surface area contributed by atoms with Gasteiger partial charge in [-0.3, -0.25) is 0 Å². The standard InChI is InChI=1S/C46H66B2N2O4/c1-11-13-15-17-19-21-27-49-39-29-33(47-51-43(3,4)44(5,6)52-47)23-25-35(39)37-32-42-38(31-41(37)49)36-26-24-34(48-53-45(7,8)46(9,10)54-48)30-40(36)50(42)28-22-20-18-16-14-12-2/h23-26,29-32H,11-22,27-28H2,1-10H3. The Bertz CT molecular complexity index is 1930. The number of nitrogens with zero attached hydrogens (tertiary/aromatic N) is 2. The van der Waals surface area contributed by atoms with E-state index in [0.29, 0.717) is 0 Å². The van der Waals surface area contributed by atoms with E-state index in [1.54, 1.807) is 0 Å². The van der Waals surface area contributed by atoms with Gasteiger partial charge in [0, 0.05) is 56.7 Å². The van der Waals surface area contributed by atoms with Gasteiger partial charge in [0.2, 0.25) is 0 Å². The molecule has 2 saturated heterocycles. The second-order valence-electron chi connectivity index (χ2n) is 18.5. The SMILES string of the molecule is CCCCCCCCn1c2cc(B3OC(C)(C)C(C)(C)O3)ccc2c2cc3c(cc21)c1ccc(B2OC(C)(C)C(C)(C)O2)cc1n3CCCCCCCC. The van der Waals surface area contributed by atoms with Crippen molar-refractivity contribution in [3.63, 3.8) is 0 Å². The van der Waals surface area contributed by atoms with Gasteiger partial charge in [0.1, 0.15) is 0 Å². The number of hydrogen-bond donors (Lipinski definition) is 0. The smallest absolute Gasteiger partial charge is 0.399 e. The maximum Gasteiger partial charge on any atom is 0.494 e. The highest BCUT2D eigenvalue weighted by molar-refractivity contribution is 6.63. The van der Waals surface area contributed by atoms with Crippen LogP contribution in [0.25, 0.3) is 43.6 Å². The fourth-order valence-corrected chi connectivity index (χ4v) is 8.55. The van der Waals surface area contributed by atoms with E-state index in [4.69, 9.17) is 18.6 Å². The van der Waals surface area contributed by atoms with Crippen molar-refractivity contribution in [2.75, 3.05) is 0 Å². The molecule has 2 aliphatic heterocycles. The van der Waals surface area contributed by atoms with E-state index >= 15 is 0 Å². The van der Waals surface area contributed by atoms with E-state index in [-0.39, 0.29) is 36.6 Å². The van der Waals surface area contributed by atoms with Crippen molar-refractivity contribution in [3.8, 4) is 0 Å². The molecule has 2 aliphatic rings. The van der Waals surface area contributed by atoms with Crippen molar-refractivity contribution in [2.24, 2.45) is 0 Å². The topological polar surface area (TPSA) is 46.8 Å².